The summed E-state index contributed by atoms with van der Waals surface area (Å²) >= 11 is 0. The number of hydrogen-bond acceptors (Lipinski definition) is 3. The van der Waals surface area contributed by atoms with Crippen LogP contribution in [-0.4, -0.2) is 43.2 Å². The summed E-state index contributed by atoms with van der Waals surface area (Å²) in [7, 11) is 0. The number of para-hydroxylation sites is 2. The van der Waals surface area contributed by atoms with Crippen molar-refractivity contribution >= 4 is 11.4 Å². The van der Waals surface area contributed by atoms with E-state index in [0.29, 0.717) is 6.04 Å². The maximum Gasteiger partial charge on any atom is 0.0432 e. The molecule has 2 fully saturated rings. The highest BCUT2D eigenvalue weighted by Gasteiger charge is 2.31. The van der Waals surface area contributed by atoms with Crippen LogP contribution in [0.4, 0.5) is 11.4 Å². The van der Waals surface area contributed by atoms with Gasteiger partial charge in [-0.15, -0.1) is 0 Å². The van der Waals surface area contributed by atoms with Crippen LogP contribution in [-0.2, 0) is 6.54 Å². The third-order valence-corrected chi connectivity index (χ3v) is 7.34. The molecule has 1 saturated heterocycles. The van der Waals surface area contributed by atoms with Crippen LogP contribution in [0.3, 0.4) is 0 Å². The van der Waals surface area contributed by atoms with Gasteiger partial charge < -0.3 is 9.80 Å². The largest absolute Gasteiger partial charge is 0.369 e. The molecule has 0 atom stereocenters. The van der Waals surface area contributed by atoms with Crippen molar-refractivity contribution in [2.45, 2.75) is 44.3 Å². The van der Waals surface area contributed by atoms with Crippen LogP contribution >= 0.6 is 0 Å². The fourth-order valence-electron chi connectivity index (χ4n) is 5.55. The molecule has 0 spiro atoms. The van der Waals surface area contributed by atoms with Gasteiger partial charge in [-0.3, -0.25) is 4.90 Å². The van der Waals surface area contributed by atoms with Crippen LogP contribution in [0.15, 0.2) is 91.0 Å². The van der Waals surface area contributed by atoms with E-state index in [9.17, 15) is 0 Å². The molecule has 3 aromatic rings. The first kappa shape index (κ1) is 21.1. The van der Waals surface area contributed by atoms with E-state index in [0.717, 1.165) is 25.7 Å². The van der Waals surface area contributed by atoms with Gasteiger partial charge in [-0.2, -0.15) is 0 Å². The molecule has 1 saturated carbocycles. The first-order valence-electron chi connectivity index (χ1n) is 12.3. The summed E-state index contributed by atoms with van der Waals surface area (Å²) in [6, 6.07) is 34.2. The molecule has 3 heteroatoms. The molecule has 0 radical (unpaired) electrons. The molecule has 0 bridgehead atoms. The summed E-state index contributed by atoms with van der Waals surface area (Å²) in [6.45, 7) is 5.67. The summed E-state index contributed by atoms with van der Waals surface area (Å²) in [5.74, 6) is 0. The standard InChI is InChI=1S/C29H35N3/c1-4-10-25(11-5-1)24-32(28-14-8-3-9-15-28)29-18-16-27(17-19-29)31-22-20-30(21-23-31)26-12-6-2-7-13-26/h1-15,27,29H,16-24H2. The number of piperazine rings is 1. The average molecular weight is 426 g/mol. The number of nitrogens with zero attached hydrogens (tertiary/aromatic N) is 3. The van der Waals surface area contributed by atoms with Crippen molar-refractivity contribution in [2.75, 3.05) is 36.0 Å². The lowest BCUT2D eigenvalue weighted by molar-refractivity contribution is 0.140. The molecule has 0 unspecified atom stereocenters. The Morgan fingerprint density at radius 1 is 0.625 bits per heavy atom. The van der Waals surface area contributed by atoms with Gasteiger partial charge in [0.25, 0.3) is 0 Å². The molecule has 3 nitrogen and oxygen atoms in total. The Hall–Kier alpha value is -2.78. The maximum atomic E-state index is 2.76. The van der Waals surface area contributed by atoms with Crippen LogP contribution in [0.1, 0.15) is 31.2 Å². The molecule has 5 rings (SSSR count). The summed E-state index contributed by atoms with van der Waals surface area (Å²) in [5, 5.41) is 0. The number of hydrogen-bond donors (Lipinski definition) is 0. The Kier molecular flexibility index (Phi) is 6.74. The molecule has 166 valence electrons. The number of rotatable bonds is 6. The second-order valence-electron chi connectivity index (χ2n) is 9.27. The zero-order valence-electron chi connectivity index (χ0n) is 19.0. The molecule has 1 aliphatic heterocycles. The van der Waals surface area contributed by atoms with Gasteiger partial charge in [0.2, 0.25) is 0 Å². The van der Waals surface area contributed by atoms with Gasteiger partial charge in [0.15, 0.2) is 0 Å². The Balaban J connectivity index is 1.19. The Labute approximate surface area is 193 Å². The van der Waals surface area contributed by atoms with Crippen molar-refractivity contribution in [3.8, 4) is 0 Å². The zero-order valence-corrected chi connectivity index (χ0v) is 19.0. The van der Waals surface area contributed by atoms with E-state index in [1.165, 1.54) is 55.7 Å². The highest BCUT2D eigenvalue weighted by molar-refractivity contribution is 5.48. The normalized spacial score (nSPS) is 21.9. The predicted octanol–water partition coefficient (Wildman–Crippen LogP) is 5.83. The minimum Gasteiger partial charge on any atom is -0.369 e. The van der Waals surface area contributed by atoms with Gasteiger partial charge in [-0.05, 0) is 55.5 Å². The Morgan fingerprint density at radius 3 is 1.81 bits per heavy atom. The molecular formula is C29H35N3. The van der Waals surface area contributed by atoms with E-state index in [1.54, 1.807) is 0 Å². The van der Waals surface area contributed by atoms with Crippen molar-refractivity contribution in [3.05, 3.63) is 96.6 Å². The quantitative estimate of drug-likeness (QED) is 0.492. The smallest absolute Gasteiger partial charge is 0.0432 e. The van der Waals surface area contributed by atoms with Crippen molar-refractivity contribution in [3.63, 3.8) is 0 Å². The summed E-state index contributed by atoms with van der Waals surface area (Å²) in [4.78, 5) is 7.96. The molecule has 0 amide bonds. The highest BCUT2D eigenvalue weighted by Crippen LogP contribution is 2.31. The topological polar surface area (TPSA) is 9.72 Å². The third kappa shape index (κ3) is 4.99. The van der Waals surface area contributed by atoms with E-state index in [-0.39, 0.29) is 0 Å². The first-order chi connectivity index (χ1) is 15.9. The monoisotopic (exact) mass is 425 g/mol. The van der Waals surface area contributed by atoms with Crippen molar-refractivity contribution in [1.82, 2.24) is 4.90 Å². The lowest BCUT2D eigenvalue weighted by Gasteiger charge is -2.44. The van der Waals surface area contributed by atoms with Crippen LogP contribution in [0.25, 0.3) is 0 Å². The fraction of sp³-hybridized carbons (Fsp3) is 0.379. The van der Waals surface area contributed by atoms with Crippen molar-refractivity contribution in [2.24, 2.45) is 0 Å². The van der Waals surface area contributed by atoms with Crippen molar-refractivity contribution in [1.29, 1.82) is 0 Å². The van der Waals surface area contributed by atoms with Crippen LogP contribution in [0.2, 0.25) is 0 Å². The van der Waals surface area contributed by atoms with E-state index in [4.69, 9.17) is 0 Å². The minimum atomic E-state index is 0.625. The lowest BCUT2D eigenvalue weighted by Crippen LogP contribution is -2.52. The number of benzene rings is 3. The molecule has 3 aromatic carbocycles. The third-order valence-electron chi connectivity index (χ3n) is 7.34. The van der Waals surface area contributed by atoms with Gasteiger partial charge in [0, 0.05) is 56.2 Å². The van der Waals surface area contributed by atoms with Gasteiger partial charge >= 0.3 is 0 Å². The van der Waals surface area contributed by atoms with Gasteiger partial charge in [0.05, 0.1) is 0 Å². The molecule has 0 N–H and O–H groups in total. The zero-order chi connectivity index (χ0) is 21.6. The van der Waals surface area contributed by atoms with Gasteiger partial charge in [-0.25, -0.2) is 0 Å². The second kappa shape index (κ2) is 10.2. The van der Waals surface area contributed by atoms with Gasteiger partial charge in [0.1, 0.15) is 0 Å². The molecule has 1 heterocycles. The van der Waals surface area contributed by atoms with Crippen LogP contribution in [0, 0.1) is 0 Å². The van der Waals surface area contributed by atoms with E-state index < -0.39 is 0 Å². The van der Waals surface area contributed by atoms with Crippen LogP contribution < -0.4 is 9.80 Å². The van der Waals surface area contributed by atoms with E-state index in [2.05, 4.69) is 106 Å². The predicted molar refractivity (Wildman–Crippen MR) is 135 cm³/mol. The molecule has 1 aliphatic carbocycles. The molecule has 0 aromatic heterocycles. The highest BCUT2D eigenvalue weighted by atomic mass is 15.3. The van der Waals surface area contributed by atoms with Crippen molar-refractivity contribution < 1.29 is 0 Å². The second-order valence-corrected chi connectivity index (χ2v) is 9.27. The van der Waals surface area contributed by atoms with Gasteiger partial charge in [-0.1, -0.05) is 66.7 Å². The maximum absolute atomic E-state index is 2.76. The molecular weight excluding hydrogens is 390 g/mol. The SMILES string of the molecule is c1ccc(CN(c2ccccc2)C2CCC(N3CCN(c4ccccc4)CC3)CC2)cc1. The first-order valence-corrected chi connectivity index (χ1v) is 12.3. The Bertz CT molecular complexity index is 928. The summed E-state index contributed by atoms with van der Waals surface area (Å²) in [5.41, 5.74) is 4.13. The van der Waals surface area contributed by atoms with E-state index >= 15 is 0 Å². The fourth-order valence-corrected chi connectivity index (χ4v) is 5.55. The van der Waals surface area contributed by atoms with E-state index in [1.807, 2.05) is 0 Å². The minimum absolute atomic E-state index is 0.625. The van der Waals surface area contributed by atoms with Crippen LogP contribution in [0.5, 0.6) is 0 Å². The summed E-state index contributed by atoms with van der Waals surface area (Å²) < 4.78 is 0. The summed E-state index contributed by atoms with van der Waals surface area (Å²) in [6.07, 6.45) is 5.19. The average Bonchev–Trinajstić information content (AvgIpc) is 2.89. The molecule has 32 heavy (non-hydrogen) atoms. The lowest BCUT2D eigenvalue weighted by atomic mass is 9.88. The Morgan fingerprint density at radius 2 is 1.19 bits per heavy atom. The molecule has 2 aliphatic rings. The number of anilines is 2.